The number of fused-ring (bicyclic) bond motifs is 3. The molecule has 0 saturated carbocycles. The average Bonchev–Trinajstić information content (AvgIpc) is 3.50. The van der Waals surface area contributed by atoms with Crippen LogP contribution in [0, 0.1) is 6.92 Å². The van der Waals surface area contributed by atoms with Crippen molar-refractivity contribution in [2.75, 3.05) is 6.61 Å². The lowest BCUT2D eigenvalue weighted by Gasteiger charge is -2.12. The van der Waals surface area contributed by atoms with E-state index in [1.165, 1.54) is 11.1 Å². The molecule has 0 amide bonds. The Bertz CT molecular complexity index is 1490. The summed E-state index contributed by atoms with van der Waals surface area (Å²) < 4.78 is 16.3. The van der Waals surface area contributed by atoms with Gasteiger partial charge in [0.1, 0.15) is 15.3 Å². The number of hydrogen-bond acceptors (Lipinski definition) is 8. The standard InChI is InChI=1S/C25H24N2O6S/c1-4-31-25(30)21-12(2)20-23(29)26-22(27-24(20)34-21)13(3)33-19(28)10-16-11-32-18-9-15-7-5-6-14(15)8-17(16)18/h8-9,11,13H,4-7,10H2,1-3H3,(H,26,27,29)/t13-/m0/s1. The zero-order valence-corrected chi connectivity index (χ0v) is 20.0. The third-order valence-corrected chi connectivity index (χ3v) is 7.34. The molecule has 1 aromatic carbocycles. The number of carbonyl (C=O) groups excluding carboxylic acids is 2. The molecule has 8 nitrogen and oxygen atoms in total. The molecule has 3 heterocycles. The Balaban J connectivity index is 1.36. The second kappa shape index (κ2) is 8.72. The highest BCUT2D eigenvalue weighted by Crippen LogP contribution is 2.31. The molecule has 0 unspecified atom stereocenters. The summed E-state index contributed by atoms with van der Waals surface area (Å²) in [6, 6.07) is 4.17. The maximum absolute atomic E-state index is 12.7. The van der Waals surface area contributed by atoms with Crippen LogP contribution >= 0.6 is 11.3 Å². The van der Waals surface area contributed by atoms with Gasteiger partial charge in [0.05, 0.1) is 24.7 Å². The number of furan rings is 1. The number of hydrogen-bond donors (Lipinski definition) is 1. The van der Waals surface area contributed by atoms with Crippen LogP contribution in [-0.2, 0) is 33.5 Å². The molecule has 0 spiro atoms. The highest BCUT2D eigenvalue weighted by Gasteiger charge is 2.23. The predicted octanol–water partition coefficient (Wildman–Crippen LogP) is 4.55. The van der Waals surface area contributed by atoms with Crippen LogP contribution in [0.3, 0.4) is 0 Å². The minimum Gasteiger partial charge on any atom is -0.464 e. The maximum atomic E-state index is 12.7. The van der Waals surface area contributed by atoms with Crippen molar-refractivity contribution < 1.29 is 23.5 Å². The van der Waals surface area contributed by atoms with Crippen LogP contribution in [0.1, 0.15) is 64.1 Å². The van der Waals surface area contributed by atoms with Crippen molar-refractivity contribution in [1.82, 2.24) is 9.97 Å². The van der Waals surface area contributed by atoms with Gasteiger partial charge in [-0.1, -0.05) is 0 Å². The van der Waals surface area contributed by atoms with Gasteiger partial charge in [-0.2, -0.15) is 0 Å². The van der Waals surface area contributed by atoms with E-state index in [0.29, 0.717) is 20.7 Å². The summed E-state index contributed by atoms with van der Waals surface area (Å²) in [5.74, 6) is -0.716. The lowest BCUT2D eigenvalue weighted by atomic mass is 10.0. The van der Waals surface area contributed by atoms with Crippen LogP contribution in [0.25, 0.3) is 21.2 Å². The zero-order valence-electron chi connectivity index (χ0n) is 19.1. The van der Waals surface area contributed by atoms with Crippen molar-refractivity contribution in [3.63, 3.8) is 0 Å². The van der Waals surface area contributed by atoms with Crippen LogP contribution in [-0.4, -0.2) is 28.5 Å². The fourth-order valence-corrected chi connectivity index (χ4v) is 5.56. The first-order valence-electron chi connectivity index (χ1n) is 11.3. The first-order chi connectivity index (χ1) is 16.4. The molecule has 176 valence electrons. The van der Waals surface area contributed by atoms with Crippen LogP contribution in [0.5, 0.6) is 0 Å². The number of nitrogens with one attached hydrogen (secondary N) is 1. The molecule has 0 bridgehead atoms. The van der Waals surface area contributed by atoms with Crippen molar-refractivity contribution in [3.05, 3.63) is 61.7 Å². The number of thiophene rings is 1. The second-order valence-electron chi connectivity index (χ2n) is 8.45. The molecular weight excluding hydrogens is 456 g/mol. The van der Waals surface area contributed by atoms with Gasteiger partial charge in [0.2, 0.25) is 0 Å². The number of ether oxygens (including phenoxy) is 2. The molecule has 0 fully saturated rings. The van der Waals surface area contributed by atoms with Gasteiger partial charge in [0.25, 0.3) is 5.56 Å². The monoisotopic (exact) mass is 480 g/mol. The molecule has 3 aromatic heterocycles. The lowest BCUT2D eigenvalue weighted by molar-refractivity contribution is -0.148. The van der Waals surface area contributed by atoms with Gasteiger partial charge in [-0.05, 0) is 68.9 Å². The molecule has 5 rings (SSSR count). The van der Waals surface area contributed by atoms with E-state index >= 15 is 0 Å². The molecule has 9 heteroatoms. The van der Waals surface area contributed by atoms with Gasteiger partial charge < -0.3 is 18.9 Å². The van der Waals surface area contributed by atoms with Gasteiger partial charge in [-0.25, -0.2) is 9.78 Å². The average molecular weight is 481 g/mol. The minimum atomic E-state index is -0.777. The maximum Gasteiger partial charge on any atom is 0.348 e. The summed E-state index contributed by atoms with van der Waals surface area (Å²) in [4.78, 5) is 45.5. The molecule has 0 aliphatic heterocycles. The van der Waals surface area contributed by atoms with E-state index in [1.807, 2.05) is 0 Å². The van der Waals surface area contributed by atoms with E-state index < -0.39 is 18.0 Å². The lowest BCUT2D eigenvalue weighted by Crippen LogP contribution is -2.18. The van der Waals surface area contributed by atoms with Crippen molar-refractivity contribution in [2.24, 2.45) is 0 Å². The van der Waals surface area contributed by atoms with Crippen molar-refractivity contribution in [1.29, 1.82) is 0 Å². The van der Waals surface area contributed by atoms with Gasteiger partial charge >= 0.3 is 11.9 Å². The van der Waals surface area contributed by atoms with Gasteiger partial charge in [0, 0.05) is 10.9 Å². The SMILES string of the molecule is CCOC(=O)c1sc2nc([C@H](C)OC(=O)Cc3coc4cc5c(cc34)CCC5)[nH]c(=O)c2c1C. The number of aryl methyl sites for hydroxylation is 3. The fourth-order valence-electron chi connectivity index (χ4n) is 4.48. The first-order valence-corrected chi connectivity index (χ1v) is 12.1. The summed E-state index contributed by atoms with van der Waals surface area (Å²) >= 11 is 1.09. The van der Waals surface area contributed by atoms with E-state index in [-0.39, 0.29) is 24.4 Å². The quantitative estimate of drug-likeness (QED) is 0.403. The first kappa shape index (κ1) is 22.3. The Labute approximate surface area is 198 Å². The molecule has 4 aromatic rings. The predicted molar refractivity (Wildman–Crippen MR) is 127 cm³/mol. The fraction of sp³-hybridized carbons (Fsp3) is 0.360. The van der Waals surface area contributed by atoms with E-state index in [0.717, 1.165) is 47.1 Å². The molecular formula is C25H24N2O6S. The highest BCUT2D eigenvalue weighted by atomic mass is 32.1. The largest absolute Gasteiger partial charge is 0.464 e. The number of aromatic nitrogens is 2. The normalized spacial score (nSPS) is 13.9. The van der Waals surface area contributed by atoms with E-state index in [1.54, 1.807) is 27.0 Å². The smallest absolute Gasteiger partial charge is 0.348 e. The van der Waals surface area contributed by atoms with Crippen molar-refractivity contribution in [2.45, 2.75) is 52.6 Å². The Morgan fingerprint density at radius 2 is 2.03 bits per heavy atom. The Morgan fingerprint density at radius 1 is 1.26 bits per heavy atom. The molecule has 1 aliphatic rings. The van der Waals surface area contributed by atoms with Crippen LogP contribution in [0.2, 0.25) is 0 Å². The van der Waals surface area contributed by atoms with Crippen molar-refractivity contribution >= 4 is 44.5 Å². The van der Waals surface area contributed by atoms with Crippen LogP contribution in [0.15, 0.2) is 27.6 Å². The summed E-state index contributed by atoms with van der Waals surface area (Å²) in [5, 5.41) is 1.27. The Morgan fingerprint density at radius 3 is 2.79 bits per heavy atom. The summed E-state index contributed by atoms with van der Waals surface area (Å²) in [6.07, 6.45) is 4.11. The topological polar surface area (TPSA) is 111 Å². The van der Waals surface area contributed by atoms with Gasteiger partial charge in [-0.3, -0.25) is 9.59 Å². The Hall–Kier alpha value is -3.46. The third kappa shape index (κ3) is 3.90. The second-order valence-corrected chi connectivity index (χ2v) is 9.45. The van der Waals surface area contributed by atoms with Gasteiger partial charge in [0.15, 0.2) is 11.9 Å². The molecule has 0 radical (unpaired) electrons. The number of carbonyl (C=O) groups is 2. The van der Waals surface area contributed by atoms with Crippen LogP contribution in [0.4, 0.5) is 0 Å². The summed E-state index contributed by atoms with van der Waals surface area (Å²) in [5.41, 5.74) is 4.30. The van der Waals surface area contributed by atoms with E-state index in [2.05, 4.69) is 22.1 Å². The summed E-state index contributed by atoms with van der Waals surface area (Å²) in [7, 11) is 0. The van der Waals surface area contributed by atoms with E-state index in [4.69, 9.17) is 13.9 Å². The number of aromatic amines is 1. The number of rotatable bonds is 6. The van der Waals surface area contributed by atoms with E-state index in [9.17, 15) is 14.4 Å². The highest BCUT2D eigenvalue weighted by molar-refractivity contribution is 7.20. The number of H-pyrrole nitrogens is 1. The van der Waals surface area contributed by atoms with Crippen LogP contribution < -0.4 is 5.56 Å². The Kier molecular flexibility index (Phi) is 5.73. The molecule has 1 atom stereocenters. The third-order valence-electron chi connectivity index (χ3n) is 6.18. The number of esters is 2. The summed E-state index contributed by atoms with van der Waals surface area (Å²) in [6.45, 7) is 5.30. The zero-order chi connectivity index (χ0) is 24.0. The molecule has 34 heavy (non-hydrogen) atoms. The number of nitrogens with zero attached hydrogens (tertiary/aromatic N) is 1. The van der Waals surface area contributed by atoms with Gasteiger partial charge in [-0.15, -0.1) is 11.3 Å². The molecule has 1 N–H and O–H groups in total. The molecule has 0 saturated heterocycles. The molecule has 1 aliphatic carbocycles. The minimum absolute atomic E-state index is 0.0493. The number of benzene rings is 1. The van der Waals surface area contributed by atoms with Crippen molar-refractivity contribution in [3.8, 4) is 0 Å².